The van der Waals surface area contributed by atoms with E-state index in [-0.39, 0.29) is 6.54 Å². The number of carbonyl (C=O) groups excluding carboxylic acids is 1. The monoisotopic (exact) mass is 274 g/mol. The van der Waals surface area contributed by atoms with Gasteiger partial charge >= 0.3 is 0 Å². The number of hydrogen-bond donors (Lipinski definition) is 3. The van der Waals surface area contributed by atoms with Gasteiger partial charge < -0.3 is 15.7 Å². The highest BCUT2D eigenvalue weighted by Gasteiger charge is 2.23. The second kappa shape index (κ2) is 5.48. The molecule has 19 heavy (non-hydrogen) atoms. The molecule has 0 heterocycles. The van der Waals surface area contributed by atoms with Gasteiger partial charge in [-0.2, -0.15) is 4.39 Å². The highest BCUT2D eigenvalue weighted by Crippen LogP contribution is 2.25. The van der Waals surface area contributed by atoms with Crippen molar-refractivity contribution in [2.45, 2.75) is 18.9 Å². The molecular formula is C12H13F3N2O2. The molecule has 7 heteroatoms. The molecule has 0 bridgehead atoms. The minimum atomic E-state index is -1.70. The molecule has 1 aliphatic rings. The van der Waals surface area contributed by atoms with Crippen LogP contribution in [0.2, 0.25) is 0 Å². The molecule has 1 aromatic rings. The summed E-state index contributed by atoms with van der Waals surface area (Å²) < 4.78 is 39.2. The largest absolute Gasteiger partial charge is 0.503 e. The molecule has 104 valence electrons. The standard InChI is InChI=1S/C12H13F3N2O2/c13-8-5-7(9(14)11(18)10(8)15)12(19)17-4-3-16-6-1-2-6/h5-6,16,18H,1-4H2,(H,17,19). The average molecular weight is 274 g/mol. The van der Waals surface area contributed by atoms with Gasteiger partial charge in [0.2, 0.25) is 5.82 Å². The molecule has 3 N–H and O–H groups in total. The highest BCUT2D eigenvalue weighted by atomic mass is 19.2. The number of phenolic OH excluding ortho intramolecular Hbond substituents is 1. The van der Waals surface area contributed by atoms with Crippen molar-refractivity contribution >= 4 is 5.91 Å². The smallest absolute Gasteiger partial charge is 0.254 e. The fraction of sp³-hybridized carbons (Fsp3) is 0.417. The van der Waals surface area contributed by atoms with Crippen LogP contribution in [-0.2, 0) is 0 Å². The molecule has 1 fully saturated rings. The fourth-order valence-electron chi connectivity index (χ4n) is 1.59. The quantitative estimate of drug-likeness (QED) is 0.560. The molecule has 1 saturated carbocycles. The van der Waals surface area contributed by atoms with E-state index in [1.54, 1.807) is 0 Å². The van der Waals surface area contributed by atoms with Crippen LogP contribution in [-0.4, -0.2) is 30.1 Å². The number of nitrogens with one attached hydrogen (secondary N) is 2. The molecular weight excluding hydrogens is 261 g/mol. The molecule has 1 aliphatic carbocycles. The van der Waals surface area contributed by atoms with E-state index >= 15 is 0 Å². The number of phenols is 1. The number of rotatable bonds is 5. The maximum Gasteiger partial charge on any atom is 0.254 e. The molecule has 0 aromatic heterocycles. The third-order valence-corrected chi connectivity index (χ3v) is 2.80. The summed E-state index contributed by atoms with van der Waals surface area (Å²) in [5.74, 6) is -7.03. The molecule has 0 radical (unpaired) electrons. The number of hydrogen-bond acceptors (Lipinski definition) is 3. The maximum absolute atomic E-state index is 13.4. The fourth-order valence-corrected chi connectivity index (χ4v) is 1.59. The van der Waals surface area contributed by atoms with Gasteiger partial charge in [-0.3, -0.25) is 4.79 Å². The van der Waals surface area contributed by atoms with Crippen LogP contribution in [0.5, 0.6) is 5.75 Å². The van der Waals surface area contributed by atoms with E-state index in [9.17, 15) is 18.0 Å². The summed E-state index contributed by atoms with van der Waals surface area (Å²) in [6.45, 7) is 0.738. The zero-order chi connectivity index (χ0) is 14.0. The van der Waals surface area contributed by atoms with Gasteiger partial charge in [-0.25, -0.2) is 8.78 Å². The topological polar surface area (TPSA) is 61.4 Å². The van der Waals surface area contributed by atoms with Gasteiger partial charge in [-0.1, -0.05) is 0 Å². The molecule has 2 rings (SSSR count). The Morgan fingerprint density at radius 2 is 1.95 bits per heavy atom. The lowest BCUT2D eigenvalue weighted by Crippen LogP contribution is -2.33. The van der Waals surface area contributed by atoms with E-state index in [1.165, 1.54) is 0 Å². The van der Waals surface area contributed by atoms with Crippen LogP contribution < -0.4 is 10.6 Å². The van der Waals surface area contributed by atoms with Crippen molar-refractivity contribution in [2.24, 2.45) is 0 Å². The van der Waals surface area contributed by atoms with Crippen molar-refractivity contribution in [1.29, 1.82) is 0 Å². The number of carbonyl (C=O) groups is 1. The molecule has 4 nitrogen and oxygen atoms in total. The Morgan fingerprint density at radius 1 is 1.26 bits per heavy atom. The normalized spacial score (nSPS) is 14.5. The average Bonchev–Trinajstić information content (AvgIpc) is 3.20. The number of aromatic hydroxyl groups is 1. The van der Waals surface area contributed by atoms with Gasteiger partial charge in [0.05, 0.1) is 5.56 Å². The Balaban J connectivity index is 1.97. The zero-order valence-corrected chi connectivity index (χ0v) is 9.97. The summed E-state index contributed by atoms with van der Waals surface area (Å²) in [5, 5.41) is 14.5. The van der Waals surface area contributed by atoms with Gasteiger partial charge in [0.1, 0.15) is 0 Å². The van der Waals surface area contributed by atoms with Crippen LogP contribution in [0.4, 0.5) is 13.2 Å². The lowest BCUT2D eigenvalue weighted by molar-refractivity contribution is 0.0948. The number of benzene rings is 1. The summed E-state index contributed by atoms with van der Waals surface area (Å²) >= 11 is 0. The minimum absolute atomic E-state index is 0.231. The van der Waals surface area contributed by atoms with Crippen molar-refractivity contribution in [1.82, 2.24) is 10.6 Å². The Kier molecular flexibility index (Phi) is 3.94. The summed E-state index contributed by atoms with van der Waals surface area (Å²) in [5.41, 5.74) is -0.720. The molecule has 0 spiro atoms. The van der Waals surface area contributed by atoms with E-state index in [0.29, 0.717) is 18.7 Å². The molecule has 0 saturated heterocycles. The van der Waals surface area contributed by atoms with E-state index in [2.05, 4.69) is 10.6 Å². The van der Waals surface area contributed by atoms with Gasteiger partial charge in [0, 0.05) is 19.1 Å². The zero-order valence-electron chi connectivity index (χ0n) is 9.97. The lowest BCUT2D eigenvalue weighted by atomic mass is 10.1. The first kappa shape index (κ1) is 13.7. The van der Waals surface area contributed by atoms with Crippen LogP contribution in [0, 0.1) is 17.5 Å². The number of halogens is 3. The van der Waals surface area contributed by atoms with Gasteiger partial charge in [-0.05, 0) is 18.9 Å². The van der Waals surface area contributed by atoms with Crippen molar-refractivity contribution < 1.29 is 23.1 Å². The maximum atomic E-state index is 13.4. The van der Waals surface area contributed by atoms with Gasteiger partial charge in [0.15, 0.2) is 17.4 Å². The molecule has 0 aliphatic heterocycles. The summed E-state index contributed by atoms with van der Waals surface area (Å²) in [7, 11) is 0. The summed E-state index contributed by atoms with van der Waals surface area (Å²) in [6, 6.07) is 0.898. The van der Waals surface area contributed by atoms with Crippen molar-refractivity contribution in [3.8, 4) is 5.75 Å². The molecule has 1 amide bonds. The highest BCUT2D eigenvalue weighted by molar-refractivity contribution is 5.94. The van der Waals surface area contributed by atoms with Crippen molar-refractivity contribution in [2.75, 3.05) is 13.1 Å². The van der Waals surface area contributed by atoms with E-state index in [4.69, 9.17) is 5.11 Å². The first-order chi connectivity index (χ1) is 9.00. The second-order valence-corrected chi connectivity index (χ2v) is 4.37. The van der Waals surface area contributed by atoms with E-state index < -0.39 is 34.7 Å². The minimum Gasteiger partial charge on any atom is -0.503 e. The second-order valence-electron chi connectivity index (χ2n) is 4.37. The Labute approximate surface area is 107 Å². The summed E-state index contributed by atoms with van der Waals surface area (Å²) in [4.78, 5) is 11.6. The molecule has 0 unspecified atom stereocenters. The first-order valence-corrected chi connectivity index (χ1v) is 5.88. The Morgan fingerprint density at radius 3 is 2.58 bits per heavy atom. The van der Waals surface area contributed by atoms with E-state index in [1.807, 2.05) is 0 Å². The van der Waals surface area contributed by atoms with E-state index in [0.717, 1.165) is 12.8 Å². The van der Waals surface area contributed by atoms with Crippen LogP contribution in [0.25, 0.3) is 0 Å². The lowest BCUT2D eigenvalue weighted by Gasteiger charge is -2.08. The Bertz CT molecular complexity index is 504. The van der Waals surface area contributed by atoms with Crippen LogP contribution in [0.3, 0.4) is 0 Å². The summed E-state index contributed by atoms with van der Waals surface area (Å²) in [6.07, 6.45) is 2.19. The first-order valence-electron chi connectivity index (χ1n) is 5.88. The van der Waals surface area contributed by atoms with Crippen LogP contribution >= 0.6 is 0 Å². The number of amides is 1. The molecule has 1 aromatic carbocycles. The SMILES string of the molecule is O=C(NCCNC1CC1)c1cc(F)c(F)c(O)c1F. The van der Waals surface area contributed by atoms with Gasteiger partial charge in [-0.15, -0.1) is 0 Å². The van der Waals surface area contributed by atoms with Crippen molar-refractivity contribution in [3.63, 3.8) is 0 Å². The predicted molar refractivity (Wildman–Crippen MR) is 61.3 cm³/mol. The van der Waals surface area contributed by atoms with Crippen LogP contribution in [0.1, 0.15) is 23.2 Å². The third kappa shape index (κ3) is 3.17. The van der Waals surface area contributed by atoms with Crippen molar-refractivity contribution in [3.05, 3.63) is 29.1 Å². The predicted octanol–water partition coefficient (Wildman–Crippen LogP) is 1.29. The molecule has 0 atom stereocenters. The van der Waals surface area contributed by atoms with Crippen LogP contribution in [0.15, 0.2) is 6.07 Å². The van der Waals surface area contributed by atoms with Gasteiger partial charge in [0.25, 0.3) is 5.91 Å². The third-order valence-electron chi connectivity index (χ3n) is 2.80. The Hall–Kier alpha value is -1.76.